The Labute approximate surface area is 173 Å². The van der Waals surface area contributed by atoms with Gasteiger partial charge in [0, 0.05) is 24.2 Å². The van der Waals surface area contributed by atoms with Gasteiger partial charge in [0.2, 0.25) is 5.78 Å². The SMILES string of the molecule is Cc1ccc(/C=C2\Oc3c(ccc4c3CN(Cc3ccc(Cl)cc3)CO4)C2=O)o1. The first kappa shape index (κ1) is 18.0. The van der Waals surface area contributed by atoms with E-state index in [1.807, 2.05) is 49.4 Å². The number of carbonyl (C=O) groups is 1. The molecule has 0 aliphatic carbocycles. The van der Waals surface area contributed by atoms with E-state index in [0.717, 1.165) is 22.6 Å². The lowest BCUT2D eigenvalue weighted by atomic mass is 10.0. The van der Waals surface area contributed by atoms with Crippen LogP contribution in [0, 0.1) is 6.92 Å². The molecule has 0 amide bonds. The quantitative estimate of drug-likeness (QED) is 0.558. The third kappa shape index (κ3) is 3.43. The van der Waals surface area contributed by atoms with E-state index in [2.05, 4.69) is 4.90 Å². The highest BCUT2D eigenvalue weighted by Crippen LogP contribution is 2.42. The lowest BCUT2D eigenvalue weighted by Crippen LogP contribution is -2.31. The highest BCUT2D eigenvalue weighted by molar-refractivity contribution is 6.30. The molecule has 2 aromatic carbocycles. The Morgan fingerprint density at radius 3 is 2.69 bits per heavy atom. The molecule has 2 aliphatic rings. The molecule has 5 rings (SSSR count). The fraction of sp³-hybridized carbons (Fsp3) is 0.174. The van der Waals surface area contributed by atoms with Crippen LogP contribution in [0.1, 0.15) is 33.0 Å². The maximum atomic E-state index is 12.8. The monoisotopic (exact) mass is 407 g/mol. The van der Waals surface area contributed by atoms with Crippen molar-refractivity contribution in [3.05, 3.63) is 87.5 Å². The van der Waals surface area contributed by atoms with Crippen LogP contribution < -0.4 is 9.47 Å². The Kier molecular flexibility index (Phi) is 4.42. The summed E-state index contributed by atoms with van der Waals surface area (Å²) in [5, 5.41) is 0.713. The van der Waals surface area contributed by atoms with Gasteiger partial charge in [-0.15, -0.1) is 0 Å². The molecule has 0 unspecified atom stereocenters. The summed E-state index contributed by atoms with van der Waals surface area (Å²) in [6.45, 7) is 3.66. The van der Waals surface area contributed by atoms with E-state index in [9.17, 15) is 4.79 Å². The third-order valence-corrected chi connectivity index (χ3v) is 5.29. The van der Waals surface area contributed by atoms with Crippen molar-refractivity contribution in [2.24, 2.45) is 0 Å². The molecule has 29 heavy (non-hydrogen) atoms. The molecule has 0 atom stereocenters. The van der Waals surface area contributed by atoms with Crippen molar-refractivity contribution in [2.45, 2.75) is 20.0 Å². The van der Waals surface area contributed by atoms with Crippen molar-refractivity contribution < 1.29 is 18.7 Å². The van der Waals surface area contributed by atoms with Gasteiger partial charge in [-0.2, -0.15) is 0 Å². The second kappa shape index (κ2) is 7.10. The molecule has 0 bridgehead atoms. The van der Waals surface area contributed by atoms with Gasteiger partial charge in [-0.3, -0.25) is 9.69 Å². The Morgan fingerprint density at radius 2 is 1.93 bits per heavy atom. The minimum Gasteiger partial charge on any atom is -0.478 e. The molecule has 0 N–H and O–H groups in total. The predicted octanol–water partition coefficient (Wildman–Crippen LogP) is 5.21. The summed E-state index contributed by atoms with van der Waals surface area (Å²) < 4.78 is 17.4. The Balaban J connectivity index is 1.42. The first-order chi connectivity index (χ1) is 14.1. The summed E-state index contributed by atoms with van der Waals surface area (Å²) in [7, 11) is 0. The van der Waals surface area contributed by atoms with Crippen LogP contribution in [0.3, 0.4) is 0 Å². The lowest BCUT2D eigenvalue weighted by Gasteiger charge is -2.29. The van der Waals surface area contributed by atoms with Crippen molar-refractivity contribution in [2.75, 3.05) is 6.73 Å². The summed E-state index contributed by atoms with van der Waals surface area (Å²) in [6.07, 6.45) is 1.64. The fourth-order valence-corrected chi connectivity index (χ4v) is 3.74. The lowest BCUT2D eigenvalue weighted by molar-refractivity contribution is 0.0873. The molecule has 3 aromatic rings. The van der Waals surface area contributed by atoms with Crippen LogP contribution >= 0.6 is 11.6 Å². The van der Waals surface area contributed by atoms with Crippen LogP contribution in [0.2, 0.25) is 5.02 Å². The van der Waals surface area contributed by atoms with Crippen molar-refractivity contribution >= 4 is 23.5 Å². The number of allylic oxidation sites excluding steroid dienone is 1. The molecule has 0 spiro atoms. The van der Waals surface area contributed by atoms with E-state index in [4.69, 9.17) is 25.5 Å². The number of ketones is 1. The van der Waals surface area contributed by atoms with Gasteiger partial charge in [0.15, 0.2) is 5.76 Å². The van der Waals surface area contributed by atoms with E-state index in [0.29, 0.717) is 41.9 Å². The van der Waals surface area contributed by atoms with Gasteiger partial charge in [-0.25, -0.2) is 0 Å². The zero-order valence-electron chi connectivity index (χ0n) is 15.8. The molecule has 0 radical (unpaired) electrons. The maximum Gasteiger partial charge on any atom is 0.232 e. The number of rotatable bonds is 3. The van der Waals surface area contributed by atoms with Crippen LogP contribution in [0.4, 0.5) is 0 Å². The van der Waals surface area contributed by atoms with Crippen LogP contribution in [-0.2, 0) is 13.1 Å². The number of halogens is 1. The number of ether oxygens (including phenoxy) is 2. The number of carbonyl (C=O) groups excluding carboxylic acids is 1. The van der Waals surface area contributed by atoms with E-state index < -0.39 is 0 Å². The number of aryl methyl sites for hydroxylation is 1. The maximum absolute atomic E-state index is 12.8. The zero-order chi connectivity index (χ0) is 20.0. The number of benzene rings is 2. The minimum absolute atomic E-state index is 0.147. The minimum atomic E-state index is -0.147. The van der Waals surface area contributed by atoms with Crippen LogP contribution in [0.5, 0.6) is 11.5 Å². The van der Waals surface area contributed by atoms with Crippen molar-refractivity contribution in [3.63, 3.8) is 0 Å². The molecule has 0 saturated heterocycles. The Hall–Kier alpha value is -3.02. The second-order valence-electron chi connectivity index (χ2n) is 7.19. The average molecular weight is 408 g/mol. The summed E-state index contributed by atoms with van der Waals surface area (Å²) >= 11 is 5.97. The van der Waals surface area contributed by atoms with Gasteiger partial charge in [0.05, 0.1) is 11.1 Å². The number of hydrogen-bond donors (Lipinski definition) is 0. The molecule has 1 aromatic heterocycles. The van der Waals surface area contributed by atoms with E-state index in [1.165, 1.54) is 0 Å². The van der Waals surface area contributed by atoms with E-state index in [1.54, 1.807) is 12.1 Å². The Morgan fingerprint density at radius 1 is 1.10 bits per heavy atom. The zero-order valence-corrected chi connectivity index (χ0v) is 16.5. The van der Waals surface area contributed by atoms with Gasteiger partial charge in [-0.1, -0.05) is 23.7 Å². The molecule has 5 nitrogen and oxygen atoms in total. The van der Waals surface area contributed by atoms with Crippen LogP contribution in [0.25, 0.3) is 6.08 Å². The number of nitrogens with zero attached hydrogens (tertiary/aromatic N) is 1. The Bertz CT molecular complexity index is 1130. The highest BCUT2D eigenvalue weighted by Gasteiger charge is 2.33. The standard InChI is InChI=1S/C23H18ClNO4/c1-14-2-7-17(28-14)10-21-22(26)18-8-9-20-19(23(18)29-21)12-25(13-27-20)11-15-3-5-16(24)6-4-15/h2-10H,11-13H2,1H3/b21-10-. The van der Waals surface area contributed by atoms with Gasteiger partial charge >= 0.3 is 0 Å². The number of furan rings is 1. The summed E-state index contributed by atoms with van der Waals surface area (Å²) in [5.41, 5.74) is 2.57. The fourth-order valence-electron chi connectivity index (χ4n) is 3.61. The predicted molar refractivity (Wildman–Crippen MR) is 109 cm³/mol. The molecule has 0 saturated carbocycles. The normalized spacial score (nSPS) is 17.0. The summed E-state index contributed by atoms with van der Waals surface area (Å²) in [4.78, 5) is 14.9. The van der Waals surface area contributed by atoms with Gasteiger partial charge in [0.25, 0.3) is 0 Å². The topological polar surface area (TPSA) is 51.9 Å². The van der Waals surface area contributed by atoms with Crippen molar-refractivity contribution in [3.8, 4) is 11.5 Å². The molecule has 6 heteroatoms. The van der Waals surface area contributed by atoms with Crippen molar-refractivity contribution in [1.29, 1.82) is 0 Å². The van der Waals surface area contributed by atoms with Crippen molar-refractivity contribution in [1.82, 2.24) is 4.90 Å². The summed E-state index contributed by atoms with van der Waals surface area (Å²) in [5.74, 6) is 2.81. The van der Waals surface area contributed by atoms with Crippen LogP contribution in [0.15, 0.2) is 58.7 Å². The third-order valence-electron chi connectivity index (χ3n) is 5.04. The van der Waals surface area contributed by atoms with E-state index in [-0.39, 0.29) is 11.5 Å². The smallest absolute Gasteiger partial charge is 0.232 e. The average Bonchev–Trinajstić information content (AvgIpc) is 3.27. The number of hydrogen-bond acceptors (Lipinski definition) is 5. The van der Waals surface area contributed by atoms with Crippen LogP contribution in [-0.4, -0.2) is 17.4 Å². The molecule has 0 fully saturated rings. The molecule has 3 heterocycles. The van der Waals surface area contributed by atoms with Gasteiger partial charge in [0.1, 0.15) is 29.8 Å². The van der Waals surface area contributed by atoms with Gasteiger partial charge < -0.3 is 13.9 Å². The summed E-state index contributed by atoms with van der Waals surface area (Å²) in [6, 6.07) is 15.0. The molecular weight excluding hydrogens is 390 g/mol. The van der Waals surface area contributed by atoms with Gasteiger partial charge in [-0.05, 0) is 48.9 Å². The first-order valence-corrected chi connectivity index (χ1v) is 9.71. The first-order valence-electron chi connectivity index (χ1n) is 9.33. The second-order valence-corrected chi connectivity index (χ2v) is 7.63. The highest BCUT2D eigenvalue weighted by atomic mass is 35.5. The number of fused-ring (bicyclic) bond motifs is 3. The largest absolute Gasteiger partial charge is 0.478 e. The number of Topliss-reactive ketones (excluding diaryl/α,β-unsaturated/α-hetero) is 1. The molecule has 2 aliphatic heterocycles. The van der Waals surface area contributed by atoms with E-state index >= 15 is 0 Å². The molecular formula is C23H18ClNO4. The molecule has 146 valence electrons.